The zero-order valence-corrected chi connectivity index (χ0v) is 9.31. The minimum atomic E-state index is -3.50. The fraction of sp³-hybridized carbons (Fsp3) is 0.182. The second kappa shape index (κ2) is 4.43. The molecular formula is C11H11FO2S. The quantitative estimate of drug-likeness (QED) is 0.574. The zero-order chi connectivity index (χ0) is 11.5. The van der Waals surface area contributed by atoms with E-state index in [2.05, 4.69) is 5.73 Å². The minimum Gasteiger partial charge on any atom is -0.218 e. The summed E-state index contributed by atoms with van der Waals surface area (Å²) in [7, 11) is -3.50. The van der Waals surface area contributed by atoms with Crippen LogP contribution in [0.4, 0.5) is 4.39 Å². The van der Waals surface area contributed by atoms with Gasteiger partial charge < -0.3 is 0 Å². The third-order valence-corrected chi connectivity index (χ3v) is 3.00. The Hall–Kier alpha value is -1.38. The van der Waals surface area contributed by atoms with Gasteiger partial charge in [0.1, 0.15) is 5.82 Å². The van der Waals surface area contributed by atoms with Crippen LogP contribution in [0.15, 0.2) is 45.9 Å². The van der Waals surface area contributed by atoms with Crippen molar-refractivity contribution in [3.05, 3.63) is 46.8 Å². The van der Waals surface area contributed by atoms with Gasteiger partial charge in [0.15, 0.2) is 0 Å². The Morgan fingerprint density at radius 1 is 1.27 bits per heavy atom. The second-order valence-electron chi connectivity index (χ2n) is 3.26. The van der Waals surface area contributed by atoms with Crippen molar-refractivity contribution in [3.63, 3.8) is 0 Å². The molecule has 0 atom stereocenters. The van der Waals surface area contributed by atoms with E-state index in [1.54, 1.807) is 13.8 Å². The van der Waals surface area contributed by atoms with Gasteiger partial charge in [0, 0.05) is 0 Å². The zero-order valence-electron chi connectivity index (χ0n) is 8.49. The molecule has 0 unspecified atom stereocenters. The molecule has 0 saturated carbocycles. The van der Waals surface area contributed by atoms with Crippen molar-refractivity contribution in [1.29, 1.82) is 0 Å². The lowest BCUT2D eigenvalue weighted by Crippen LogP contribution is -1.95. The highest BCUT2D eigenvalue weighted by Gasteiger charge is 2.09. The topological polar surface area (TPSA) is 34.1 Å². The van der Waals surface area contributed by atoms with E-state index < -0.39 is 15.7 Å². The predicted molar refractivity (Wildman–Crippen MR) is 56.5 cm³/mol. The first-order valence-electron chi connectivity index (χ1n) is 4.32. The molecule has 1 rings (SSSR count). The lowest BCUT2D eigenvalue weighted by Gasteiger charge is -1.96. The number of allylic oxidation sites excluding steroid dienone is 1. The van der Waals surface area contributed by atoms with Crippen LogP contribution in [0.1, 0.15) is 13.8 Å². The van der Waals surface area contributed by atoms with Crippen LogP contribution in [0.25, 0.3) is 0 Å². The van der Waals surface area contributed by atoms with Crippen LogP contribution in [0.5, 0.6) is 0 Å². The summed E-state index contributed by atoms with van der Waals surface area (Å²) in [5, 5.41) is 0.996. The largest absolute Gasteiger partial charge is 0.218 e. The highest BCUT2D eigenvalue weighted by Crippen LogP contribution is 2.12. The molecule has 0 heterocycles. The maximum atomic E-state index is 12.6. The number of halogens is 1. The van der Waals surface area contributed by atoms with E-state index in [0.29, 0.717) is 0 Å². The molecule has 0 saturated heterocycles. The Balaban J connectivity index is 3.19. The predicted octanol–water partition coefficient (Wildman–Crippen LogP) is 2.68. The van der Waals surface area contributed by atoms with Gasteiger partial charge in [0.05, 0.1) is 10.3 Å². The van der Waals surface area contributed by atoms with Crippen LogP contribution < -0.4 is 0 Å². The van der Waals surface area contributed by atoms with Gasteiger partial charge in [-0.15, -0.1) is 5.73 Å². The normalized spacial score (nSPS) is 10.6. The smallest absolute Gasteiger partial charge is 0.207 e. The summed E-state index contributed by atoms with van der Waals surface area (Å²) in [6.07, 6.45) is 0. The molecule has 0 amide bonds. The second-order valence-corrected chi connectivity index (χ2v) is 5.06. The van der Waals surface area contributed by atoms with E-state index in [1.807, 2.05) is 0 Å². The SMILES string of the molecule is CC(C)=C=CS(=O)(=O)c1ccc(F)cc1. The lowest BCUT2D eigenvalue weighted by atomic mass is 10.4. The Labute approximate surface area is 88.7 Å². The number of benzene rings is 1. The van der Waals surface area contributed by atoms with Crippen LogP contribution in [0, 0.1) is 5.82 Å². The van der Waals surface area contributed by atoms with E-state index in [1.165, 1.54) is 12.1 Å². The summed E-state index contributed by atoms with van der Waals surface area (Å²) in [6, 6.07) is 4.69. The Morgan fingerprint density at radius 2 is 1.80 bits per heavy atom. The van der Waals surface area contributed by atoms with Crippen LogP contribution in [-0.2, 0) is 9.84 Å². The first-order chi connectivity index (χ1) is 6.92. The van der Waals surface area contributed by atoms with Crippen molar-refractivity contribution in [3.8, 4) is 0 Å². The lowest BCUT2D eigenvalue weighted by molar-refractivity contribution is 0.603. The summed E-state index contributed by atoms with van der Waals surface area (Å²) in [6.45, 7) is 3.49. The molecule has 15 heavy (non-hydrogen) atoms. The molecule has 0 spiro atoms. The molecule has 0 bridgehead atoms. The number of hydrogen-bond acceptors (Lipinski definition) is 2. The van der Waals surface area contributed by atoms with Gasteiger partial charge in [-0.25, -0.2) is 12.8 Å². The highest BCUT2D eigenvalue weighted by molar-refractivity contribution is 7.94. The molecule has 1 aromatic rings. The molecule has 0 radical (unpaired) electrons. The van der Waals surface area contributed by atoms with E-state index in [9.17, 15) is 12.8 Å². The molecule has 0 aromatic heterocycles. The van der Waals surface area contributed by atoms with E-state index in [-0.39, 0.29) is 4.90 Å². The third kappa shape index (κ3) is 3.35. The minimum absolute atomic E-state index is 0.0673. The molecule has 0 N–H and O–H groups in total. The van der Waals surface area contributed by atoms with Gasteiger partial charge in [-0.2, -0.15) is 0 Å². The third-order valence-electron chi connectivity index (χ3n) is 1.64. The van der Waals surface area contributed by atoms with Crippen molar-refractivity contribution in [2.45, 2.75) is 18.7 Å². The summed E-state index contributed by atoms with van der Waals surface area (Å²) in [5.41, 5.74) is 3.37. The van der Waals surface area contributed by atoms with Gasteiger partial charge in [0.2, 0.25) is 9.84 Å². The molecule has 0 aliphatic carbocycles. The Kier molecular flexibility index (Phi) is 3.45. The maximum absolute atomic E-state index is 12.6. The first-order valence-corrected chi connectivity index (χ1v) is 5.87. The van der Waals surface area contributed by atoms with Crippen molar-refractivity contribution >= 4 is 9.84 Å². The standard InChI is InChI=1S/C11H11FO2S/c1-9(2)7-8-15(13,14)11-5-3-10(12)4-6-11/h3-6,8H,1-2H3. The van der Waals surface area contributed by atoms with Gasteiger partial charge in [-0.1, -0.05) is 0 Å². The monoisotopic (exact) mass is 226 g/mol. The van der Waals surface area contributed by atoms with Crippen LogP contribution in [0.3, 0.4) is 0 Å². The van der Waals surface area contributed by atoms with Crippen molar-refractivity contribution in [2.24, 2.45) is 0 Å². The van der Waals surface area contributed by atoms with Crippen molar-refractivity contribution in [2.75, 3.05) is 0 Å². The van der Waals surface area contributed by atoms with E-state index >= 15 is 0 Å². The molecule has 0 aliphatic rings. The fourth-order valence-electron chi connectivity index (χ4n) is 0.888. The number of hydrogen-bond donors (Lipinski definition) is 0. The summed E-state index contributed by atoms with van der Waals surface area (Å²) in [5.74, 6) is -0.458. The van der Waals surface area contributed by atoms with E-state index in [4.69, 9.17) is 0 Å². The van der Waals surface area contributed by atoms with Crippen LogP contribution in [0.2, 0.25) is 0 Å². The van der Waals surface area contributed by atoms with Crippen LogP contribution in [-0.4, -0.2) is 8.42 Å². The number of sulfone groups is 1. The van der Waals surface area contributed by atoms with Crippen molar-refractivity contribution < 1.29 is 12.8 Å². The molecule has 0 aliphatic heterocycles. The molecule has 2 nitrogen and oxygen atoms in total. The Bertz CT molecular complexity index is 502. The molecule has 0 fully saturated rings. The molecular weight excluding hydrogens is 215 g/mol. The summed E-state index contributed by atoms with van der Waals surface area (Å²) in [4.78, 5) is 0.0673. The van der Waals surface area contributed by atoms with Gasteiger partial charge >= 0.3 is 0 Å². The van der Waals surface area contributed by atoms with E-state index in [0.717, 1.165) is 23.1 Å². The maximum Gasteiger partial charge on any atom is 0.207 e. The first kappa shape index (κ1) is 11.7. The van der Waals surface area contributed by atoms with Gasteiger partial charge in [-0.3, -0.25) is 0 Å². The molecule has 4 heteroatoms. The molecule has 1 aromatic carbocycles. The average Bonchev–Trinajstić information content (AvgIpc) is 2.16. The Morgan fingerprint density at radius 3 is 2.27 bits per heavy atom. The van der Waals surface area contributed by atoms with Crippen molar-refractivity contribution in [1.82, 2.24) is 0 Å². The highest BCUT2D eigenvalue weighted by atomic mass is 32.2. The average molecular weight is 226 g/mol. The number of rotatable bonds is 2. The summed E-state index contributed by atoms with van der Waals surface area (Å²) < 4.78 is 35.8. The van der Waals surface area contributed by atoms with Gasteiger partial charge in [-0.05, 0) is 43.7 Å². The van der Waals surface area contributed by atoms with Crippen LogP contribution >= 0.6 is 0 Å². The molecule has 80 valence electrons. The van der Waals surface area contributed by atoms with Gasteiger partial charge in [0.25, 0.3) is 0 Å². The fourth-order valence-corrected chi connectivity index (χ4v) is 1.93. The summed E-state index contributed by atoms with van der Waals surface area (Å²) >= 11 is 0.